The molecule has 1 fully saturated rings. The van der Waals surface area contributed by atoms with Gasteiger partial charge >= 0.3 is 0 Å². The first-order chi connectivity index (χ1) is 5.88. The molecule has 0 radical (unpaired) electrons. The van der Waals surface area contributed by atoms with E-state index in [0.29, 0.717) is 6.04 Å². The minimum absolute atomic E-state index is 0. The van der Waals surface area contributed by atoms with Crippen LogP contribution in [0.2, 0.25) is 0 Å². The largest absolute Gasteiger partial charge is 0.299 e. The van der Waals surface area contributed by atoms with E-state index >= 15 is 0 Å². The van der Waals surface area contributed by atoms with E-state index in [1.165, 1.54) is 24.9 Å². The summed E-state index contributed by atoms with van der Waals surface area (Å²) in [5.41, 5.74) is 1.36. The quantitative estimate of drug-likeness (QED) is 0.672. The maximum Gasteiger partial charge on any atom is 0.0360 e. The molecule has 0 aliphatic carbocycles. The molecule has 74 valence electrons. The van der Waals surface area contributed by atoms with E-state index in [0.717, 1.165) is 0 Å². The number of likely N-dealkylation sites (tertiary alicyclic amines) is 1. The van der Waals surface area contributed by atoms with Crippen molar-refractivity contribution in [3.63, 3.8) is 0 Å². The van der Waals surface area contributed by atoms with E-state index in [4.69, 9.17) is 0 Å². The molecule has 2 nitrogen and oxygen atoms in total. The van der Waals surface area contributed by atoms with E-state index in [2.05, 4.69) is 23.0 Å². The first kappa shape index (κ1) is 10.7. The van der Waals surface area contributed by atoms with Gasteiger partial charge in [-0.2, -0.15) is 0 Å². The van der Waals surface area contributed by atoms with Gasteiger partial charge in [0.05, 0.1) is 0 Å². The molecule has 0 saturated carbocycles. The van der Waals surface area contributed by atoms with Gasteiger partial charge in [-0.25, -0.2) is 0 Å². The molecule has 1 aromatic heterocycles. The van der Waals surface area contributed by atoms with Crippen LogP contribution in [0.4, 0.5) is 0 Å². The molecular formula is C10H14N2Ni. The van der Waals surface area contributed by atoms with Gasteiger partial charge in [0.1, 0.15) is 0 Å². The molecule has 0 N–H and O–H groups in total. The van der Waals surface area contributed by atoms with Crippen LogP contribution in [-0.4, -0.2) is 23.5 Å². The second kappa shape index (κ2) is 4.73. The molecule has 1 aliphatic heterocycles. The van der Waals surface area contributed by atoms with Gasteiger partial charge in [-0.3, -0.25) is 9.88 Å². The minimum Gasteiger partial charge on any atom is -0.299 e. The van der Waals surface area contributed by atoms with Crippen molar-refractivity contribution in [1.29, 1.82) is 0 Å². The molecule has 1 atom stereocenters. The zero-order valence-corrected chi connectivity index (χ0v) is 8.71. The van der Waals surface area contributed by atoms with Gasteiger partial charge < -0.3 is 0 Å². The molecule has 1 unspecified atom stereocenters. The summed E-state index contributed by atoms with van der Waals surface area (Å²) in [6, 6.07) is 4.79. The third kappa shape index (κ3) is 2.29. The molecule has 3 heteroatoms. The van der Waals surface area contributed by atoms with E-state index in [9.17, 15) is 0 Å². The van der Waals surface area contributed by atoms with Crippen molar-refractivity contribution in [1.82, 2.24) is 9.88 Å². The van der Waals surface area contributed by atoms with Crippen LogP contribution in [0.3, 0.4) is 0 Å². The Labute approximate surface area is 89.3 Å². The average Bonchev–Trinajstić information content (AvgIpc) is 2.53. The van der Waals surface area contributed by atoms with E-state index in [1.54, 1.807) is 0 Å². The van der Waals surface area contributed by atoms with Crippen molar-refractivity contribution in [3.8, 4) is 0 Å². The minimum atomic E-state index is 0. The molecule has 1 aliphatic rings. The van der Waals surface area contributed by atoms with Crippen LogP contribution >= 0.6 is 0 Å². The Morgan fingerprint density at radius 3 is 2.92 bits per heavy atom. The number of hydrogen-bond donors (Lipinski definition) is 0. The van der Waals surface area contributed by atoms with Crippen LogP contribution in [0.1, 0.15) is 24.4 Å². The van der Waals surface area contributed by atoms with Crippen LogP contribution in [-0.2, 0) is 16.5 Å². The van der Waals surface area contributed by atoms with E-state index < -0.39 is 0 Å². The van der Waals surface area contributed by atoms with Crippen molar-refractivity contribution >= 4 is 0 Å². The van der Waals surface area contributed by atoms with Crippen molar-refractivity contribution < 1.29 is 16.5 Å². The molecule has 0 amide bonds. The standard InChI is InChI=1S/C10H14N2.Ni/c1-12-7-3-5-10(12)9-4-2-6-11-8-9;/h2,4,6,8,10H,3,5,7H2,1H3;. The number of aromatic nitrogens is 1. The van der Waals surface area contributed by atoms with Gasteiger partial charge in [0.25, 0.3) is 0 Å². The maximum absolute atomic E-state index is 4.14. The van der Waals surface area contributed by atoms with Gasteiger partial charge in [-0.05, 0) is 38.1 Å². The van der Waals surface area contributed by atoms with Crippen molar-refractivity contribution in [2.45, 2.75) is 18.9 Å². The molecule has 2 rings (SSSR count). The molecule has 1 aromatic rings. The van der Waals surface area contributed by atoms with E-state index in [-0.39, 0.29) is 16.5 Å². The molecule has 0 aromatic carbocycles. The van der Waals surface area contributed by atoms with Gasteiger partial charge in [-0.15, -0.1) is 0 Å². The van der Waals surface area contributed by atoms with Crippen LogP contribution in [0.25, 0.3) is 0 Å². The first-order valence-corrected chi connectivity index (χ1v) is 4.48. The monoisotopic (exact) mass is 220 g/mol. The molecule has 13 heavy (non-hydrogen) atoms. The van der Waals surface area contributed by atoms with Gasteiger partial charge in [0, 0.05) is 34.9 Å². The summed E-state index contributed by atoms with van der Waals surface area (Å²) in [5.74, 6) is 0. The fraction of sp³-hybridized carbons (Fsp3) is 0.500. The predicted octanol–water partition coefficient (Wildman–Crippen LogP) is 1.85. The molecular weight excluding hydrogens is 207 g/mol. The summed E-state index contributed by atoms with van der Waals surface area (Å²) >= 11 is 0. The smallest absolute Gasteiger partial charge is 0.0360 e. The van der Waals surface area contributed by atoms with Crippen LogP contribution in [0.15, 0.2) is 24.5 Å². The fourth-order valence-corrected chi connectivity index (χ4v) is 1.90. The number of nitrogens with zero attached hydrogens (tertiary/aromatic N) is 2. The second-order valence-corrected chi connectivity index (χ2v) is 3.42. The number of rotatable bonds is 1. The Hall–Kier alpha value is -0.396. The Kier molecular flexibility index (Phi) is 3.89. The number of pyridine rings is 1. The Morgan fingerprint density at radius 1 is 1.54 bits per heavy atom. The second-order valence-electron chi connectivity index (χ2n) is 3.42. The summed E-state index contributed by atoms with van der Waals surface area (Å²) in [7, 11) is 2.19. The van der Waals surface area contributed by atoms with Gasteiger partial charge in [-0.1, -0.05) is 6.07 Å². The third-order valence-corrected chi connectivity index (χ3v) is 2.59. The summed E-state index contributed by atoms with van der Waals surface area (Å²) in [6.45, 7) is 1.22. The third-order valence-electron chi connectivity index (χ3n) is 2.59. The summed E-state index contributed by atoms with van der Waals surface area (Å²) in [6.07, 6.45) is 6.41. The summed E-state index contributed by atoms with van der Waals surface area (Å²) in [5, 5.41) is 0. The van der Waals surface area contributed by atoms with Crippen molar-refractivity contribution in [2.75, 3.05) is 13.6 Å². The Balaban J connectivity index is 0.000000845. The van der Waals surface area contributed by atoms with Crippen LogP contribution in [0.5, 0.6) is 0 Å². The summed E-state index contributed by atoms with van der Waals surface area (Å²) in [4.78, 5) is 6.54. The zero-order chi connectivity index (χ0) is 8.39. The SMILES string of the molecule is CN1CCCC1c1cccnc1.[Ni]. The maximum atomic E-state index is 4.14. The topological polar surface area (TPSA) is 16.1 Å². The number of hydrogen-bond acceptors (Lipinski definition) is 2. The molecule has 1 saturated heterocycles. The zero-order valence-electron chi connectivity index (χ0n) is 7.72. The van der Waals surface area contributed by atoms with Crippen molar-refractivity contribution in [2.24, 2.45) is 0 Å². The molecule has 0 bridgehead atoms. The first-order valence-electron chi connectivity index (χ1n) is 4.48. The van der Waals surface area contributed by atoms with E-state index in [1.807, 2.05) is 18.5 Å². The Morgan fingerprint density at radius 2 is 2.38 bits per heavy atom. The molecule has 2 heterocycles. The van der Waals surface area contributed by atoms with Crippen molar-refractivity contribution in [3.05, 3.63) is 30.1 Å². The normalized spacial score (nSPS) is 22.7. The van der Waals surface area contributed by atoms with Gasteiger partial charge in [0.15, 0.2) is 0 Å². The van der Waals surface area contributed by atoms with Gasteiger partial charge in [0.2, 0.25) is 0 Å². The Bertz CT molecular complexity index is 250. The van der Waals surface area contributed by atoms with Crippen LogP contribution < -0.4 is 0 Å². The van der Waals surface area contributed by atoms with Crippen LogP contribution in [0, 0.1) is 0 Å². The fourth-order valence-electron chi connectivity index (χ4n) is 1.90. The predicted molar refractivity (Wildman–Crippen MR) is 48.8 cm³/mol. The molecule has 0 spiro atoms. The summed E-state index contributed by atoms with van der Waals surface area (Å²) < 4.78 is 0. The average molecular weight is 221 g/mol.